The summed E-state index contributed by atoms with van der Waals surface area (Å²) in [6, 6.07) is 5.94. The predicted octanol–water partition coefficient (Wildman–Crippen LogP) is 6.60. The molecule has 5 nitrogen and oxygen atoms in total. The number of aromatic nitrogens is 2. The van der Waals surface area contributed by atoms with E-state index in [0.29, 0.717) is 18.3 Å². The van der Waals surface area contributed by atoms with Gasteiger partial charge < -0.3 is 14.8 Å². The number of benzene rings is 1. The van der Waals surface area contributed by atoms with Crippen LogP contribution in [-0.2, 0) is 4.79 Å². The van der Waals surface area contributed by atoms with Crippen molar-refractivity contribution in [3.63, 3.8) is 0 Å². The van der Waals surface area contributed by atoms with Crippen LogP contribution in [0.4, 0.5) is 0 Å². The minimum absolute atomic E-state index is 0.335. The van der Waals surface area contributed by atoms with Gasteiger partial charge >= 0.3 is 5.97 Å². The topological polar surface area (TPSA) is 75.2 Å². The van der Waals surface area contributed by atoms with Crippen molar-refractivity contribution in [3.05, 3.63) is 65.0 Å². The monoisotopic (exact) mass is 444 g/mol. The molecule has 0 atom stereocenters. The van der Waals surface area contributed by atoms with E-state index in [4.69, 9.17) is 14.8 Å². The fraction of sp³-hybridized carbons (Fsp3) is 0.429. The van der Waals surface area contributed by atoms with Crippen LogP contribution in [0.15, 0.2) is 59.2 Å². The number of carboxylic acid groups (broad SMARTS) is 1. The lowest BCUT2D eigenvalue weighted by molar-refractivity contribution is -0.138. The normalized spacial score (nSPS) is 23.4. The number of hydrogen-bond donors (Lipinski definition) is 2. The molecule has 1 aromatic carbocycles. The summed E-state index contributed by atoms with van der Waals surface area (Å²) in [5.41, 5.74) is 7.69. The van der Waals surface area contributed by atoms with Gasteiger partial charge in [-0.2, -0.15) is 0 Å². The minimum atomic E-state index is -0.651. The highest BCUT2D eigenvalue weighted by Gasteiger charge is 2.26. The molecule has 1 heterocycles. The lowest BCUT2D eigenvalue weighted by atomic mass is 9.74. The van der Waals surface area contributed by atoms with Gasteiger partial charge in [0.2, 0.25) is 0 Å². The van der Waals surface area contributed by atoms with Gasteiger partial charge in [0.1, 0.15) is 11.6 Å². The van der Waals surface area contributed by atoms with Crippen molar-refractivity contribution < 1.29 is 14.6 Å². The number of ether oxygens (including phenoxy) is 1. The SMILES string of the molecule is COc1ccc2[nH]c(C3=CC=C(C4=CC=C(C5CCC(CC(=O)O)CC5)CC4)CC3)nc2c1. The molecule has 1 fully saturated rings. The fourth-order valence-corrected chi connectivity index (χ4v) is 5.61. The predicted molar refractivity (Wildman–Crippen MR) is 131 cm³/mol. The van der Waals surface area contributed by atoms with Gasteiger partial charge in [-0.05, 0) is 92.1 Å². The average molecular weight is 445 g/mol. The smallest absolute Gasteiger partial charge is 0.303 e. The molecule has 3 aliphatic carbocycles. The number of aliphatic carboxylic acids is 1. The summed E-state index contributed by atoms with van der Waals surface area (Å²) in [4.78, 5) is 19.2. The van der Waals surface area contributed by atoms with Crippen molar-refractivity contribution >= 4 is 22.6 Å². The molecule has 5 rings (SSSR count). The largest absolute Gasteiger partial charge is 0.497 e. The van der Waals surface area contributed by atoms with Gasteiger partial charge in [-0.15, -0.1) is 0 Å². The number of fused-ring (bicyclic) bond motifs is 1. The van der Waals surface area contributed by atoms with Crippen molar-refractivity contribution in [1.29, 1.82) is 0 Å². The number of nitrogens with zero attached hydrogens (tertiary/aromatic N) is 1. The number of hydrogen-bond acceptors (Lipinski definition) is 3. The van der Waals surface area contributed by atoms with Crippen LogP contribution in [0, 0.1) is 11.8 Å². The average Bonchev–Trinajstić information content (AvgIpc) is 3.28. The van der Waals surface area contributed by atoms with Gasteiger partial charge in [0.15, 0.2) is 0 Å². The first-order valence-corrected chi connectivity index (χ1v) is 12.1. The maximum atomic E-state index is 11.0. The molecule has 1 aromatic heterocycles. The first-order chi connectivity index (χ1) is 16.1. The van der Waals surface area contributed by atoms with E-state index < -0.39 is 5.97 Å². The zero-order valence-electron chi connectivity index (χ0n) is 19.3. The zero-order valence-corrected chi connectivity index (χ0v) is 19.3. The molecule has 2 aromatic rings. The van der Waals surface area contributed by atoms with Crippen molar-refractivity contribution in [1.82, 2.24) is 9.97 Å². The number of methoxy groups -OCH3 is 1. The van der Waals surface area contributed by atoms with E-state index in [9.17, 15) is 4.79 Å². The molecular formula is C28H32N2O3. The van der Waals surface area contributed by atoms with Crippen LogP contribution in [0.5, 0.6) is 5.75 Å². The molecule has 3 aliphatic rings. The van der Waals surface area contributed by atoms with Crippen molar-refractivity contribution in [2.45, 2.75) is 57.8 Å². The molecular weight excluding hydrogens is 412 g/mol. The summed E-state index contributed by atoms with van der Waals surface area (Å²) >= 11 is 0. The van der Waals surface area contributed by atoms with Crippen LogP contribution >= 0.6 is 0 Å². The number of nitrogens with one attached hydrogen (secondary N) is 1. The number of carboxylic acids is 1. The van der Waals surface area contributed by atoms with Crippen LogP contribution in [0.25, 0.3) is 16.6 Å². The lowest BCUT2D eigenvalue weighted by Gasteiger charge is -2.31. The van der Waals surface area contributed by atoms with Gasteiger partial charge in [0.25, 0.3) is 0 Å². The van der Waals surface area contributed by atoms with Gasteiger partial charge in [-0.3, -0.25) is 4.79 Å². The highest BCUT2D eigenvalue weighted by atomic mass is 16.5. The first kappa shape index (κ1) is 21.7. The Labute approximate surface area is 194 Å². The Balaban J connectivity index is 1.24. The molecule has 0 aliphatic heterocycles. The molecule has 5 heteroatoms. The van der Waals surface area contributed by atoms with Crippen molar-refractivity contribution in [3.8, 4) is 5.75 Å². The maximum Gasteiger partial charge on any atom is 0.303 e. The second-order valence-electron chi connectivity index (χ2n) is 9.60. The van der Waals surface area contributed by atoms with Gasteiger partial charge in [-0.1, -0.05) is 29.9 Å². The Bertz CT molecular complexity index is 1170. The molecule has 0 bridgehead atoms. The molecule has 0 amide bonds. The zero-order chi connectivity index (χ0) is 22.8. The summed E-state index contributed by atoms with van der Waals surface area (Å²) in [6.45, 7) is 0. The van der Waals surface area contributed by atoms with E-state index in [1.54, 1.807) is 12.7 Å². The van der Waals surface area contributed by atoms with E-state index in [0.717, 1.165) is 74.0 Å². The van der Waals surface area contributed by atoms with Crippen LogP contribution in [0.2, 0.25) is 0 Å². The molecule has 0 saturated heterocycles. The molecule has 2 N–H and O–H groups in total. The second kappa shape index (κ2) is 9.42. The van der Waals surface area contributed by atoms with Crippen LogP contribution < -0.4 is 4.74 Å². The number of allylic oxidation sites excluding steroid dienone is 8. The van der Waals surface area contributed by atoms with E-state index >= 15 is 0 Å². The highest BCUT2D eigenvalue weighted by Crippen LogP contribution is 2.40. The maximum absolute atomic E-state index is 11.0. The van der Waals surface area contributed by atoms with Gasteiger partial charge in [0.05, 0.1) is 18.1 Å². The Kier molecular flexibility index (Phi) is 6.21. The molecule has 0 unspecified atom stereocenters. The summed E-state index contributed by atoms with van der Waals surface area (Å²) in [6.07, 6.45) is 18.2. The third kappa shape index (κ3) is 4.82. The summed E-state index contributed by atoms with van der Waals surface area (Å²) < 4.78 is 5.31. The first-order valence-electron chi connectivity index (χ1n) is 12.1. The third-order valence-corrected chi connectivity index (χ3v) is 7.57. The van der Waals surface area contributed by atoms with Crippen LogP contribution in [0.1, 0.15) is 63.6 Å². The Morgan fingerprint density at radius 3 is 2.33 bits per heavy atom. The summed E-state index contributed by atoms with van der Waals surface area (Å²) in [5, 5.41) is 9.03. The van der Waals surface area contributed by atoms with Gasteiger partial charge in [-0.25, -0.2) is 4.98 Å². The molecule has 1 saturated carbocycles. The molecule has 33 heavy (non-hydrogen) atoms. The number of imidazole rings is 1. The second-order valence-corrected chi connectivity index (χ2v) is 9.60. The third-order valence-electron chi connectivity index (χ3n) is 7.57. The van der Waals surface area contributed by atoms with E-state index in [2.05, 4.69) is 29.3 Å². The van der Waals surface area contributed by atoms with Crippen LogP contribution in [-0.4, -0.2) is 28.2 Å². The van der Waals surface area contributed by atoms with E-state index in [-0.39, 0.29) is 0 Å². The standard InChI is InChI=1S/C28H32N2O3/c1-33-24-14-15-25-26(17-24)30-28(29-25)23-12-10-22(11-13-23)21-8-6-20(7-9-21)19-4-2-18(3-5-19)16-27(31)32/h6,8,10,12,14-15,17-19H,2-5,7,9,11,13,16H2,1H3,(H,29,30)(H,31,32). The molecule has 0 spiro atoms. The molecule has 0 radical (unpaired) electrons. The van der Waals surface area contributed by atoms with E-state index in [1.807, 2.05) is 18.2 Å². The quantitative estimate of drug-likeness (QED) is 0.526. The van der Waals surface area contributed by atoms with Crippen molar-refractivity contribution in [2.75, 3.05) is 7.11 Å². The number of H-pyrrole nitrogens is 1. The number of carbonyl (C=O) groups is 1. The number of rotatable bonds is 6. The Morgan fingerprint density at radius 2 is 1.70 bits per heavy atom. The lowest BCUT2D eigenvalue weighted by Crippen LogP contribution is -2.19. The number of aromatic amines is 1. The molecule has 172 valence electrons. The van der Waals surface area contributed by atoms with Crippen molar-refractivity contribution in [2.24, 2.45) is 11.8 Å². The Hall–Kier alpha value is -3.08. The fourth-order valence-electron chi connectivity index (χ4n) is 5.61. The Morgan fingerprint density at radius 1 is 1.00 bits per heavy atom. The van der Waals surface area contributed by atoms with Crippen LogP contribution in [0.3, 0.4) is 0 Å². The summed E-state index contributed by atoms with van der Waals surface area (Å²) in [7, 11) is 1.68. The van der Waals surface area contributed by atoms with Gasteiger partial charge in [0, 0.05) is 12.5 Å². The summed E-state index contributed by atoms with van der Waals surface area (Å²) in [5.74, 6) is 2.14. The minimum Gasteiger partial charge on any atom is -0.497 e. The highest BCUT2D eigenvalue weighted by molar-refractivity contribution is 5.80. The van der Waals surface area contributed by atoms with E-state index in [1.165, 1.54) is 16.7 Å².